The third-order valence-corrected chi connectivity index (χ3v) is 2.46. The third kappa shape index (κ3) is 5.14. The van der Waals surface area contributed by atoms with Crippen LogP contribution in [0.5, 0.6) is 5.75 Å². The Kier molecular flexibility index (Phi) is 5.90. The van der Waals surface area contributed by atoms with Crippen LogP contribution < -0.4 is 10.1 Å². The highest BCUT2D eigenvalue weighted by Crippen LogP contribution is 2.12. The largest absolute Gasteiger partial charge is 0.497 e. The molecule has 16 heavy (non-hydrogen) atoms. The number of aliphatic hydroxyl groups excluding tert-OH is 1. The molecule has 0 fully saturated rings. The molecule has 1 rings (SSSR count). The van der Waals surface area contributed by atoms with Crippen molar-refractivity contribution in [2.24, 2.45) is 0 Å². The molecule has 3 nitrogen and oxygen atoms in total. The molecule has 0 saturated heterocycles. The van der Waals surface area contributed by atoms with Crippen molar-refractivity contribution in [2.45, 2.75) is 25.9 Å². The smallest absolute Gasteiger partial charge is 0.119 e. The van der Waals surface area contributed by atoms with E-state index in [0.717, 1.165) is 31.7 Å². The zero-order valence-electron chi connectivity index (χ0n) is 10.1. The second kappa shape index (κ2) is 7.25. The van der Waals surface area contributed by atoms with Crippen molar-refractivity contribution in [3.8, 4) is 5.75 Å². The van der Waals surface area contributed by atoms with Crippen LogP contribution in [0.2, 0.25) is 0 Å². The molecule has 0 amide bonds. The Balaban J connectivity index is 2.21. The summed E-state index contributed by atoms with van der Waals surface area (Å²) in [5.41, 5.74) is 1.27. The number of rotatable bonds is 7. The molecule has 1 atom stereocenters. The van der Waals surface area contributed by atoms with Crippen LogP contribution in [-0.4, -0.2) is 31.4 Å². The van der Waals surface area contributed by atoms with Crippen LogP contribution in [0.4, 0.5) is 0 Å². The van der Waals surface area contributed by atoms with Gasteiger partial charge in [0, 0.05) is 0 Å². The third-order valence-electron chi connectivity index (χ3n) is 2.46. The van der Waals surface area contributed by atoms with Crippen LogP contribution in [0.1, 0.15) is 18.9 Å². The average Bonchev–Trinajstić information content (AvgIpc) is 2.28. The van der Waals surface area contributed by atoms with Gasteiger partial charge in [-0.2, -0.15) is 0 Å². The van der Waals surface area contributed by atoms with Gasteiger partial charge in [-0.25, -0.2) is 0 Å². The molecule has 0 aliphatic heterocycles. The highest BCUT2D eigenvalue weighted by molar-refractivity contribution is 5.28. The second-order valence-corrected chi connectivity index (χ2v) is 3.99. The molecule has 0 aliphatic carbocycles. The van der Waals surface area contributed by atoms with Gasteiger partial charge in [0.05, 0.1) is 13.2 Å². The van der Waals surface area contributed by atoms with Crippen molar-refractivity contribution in [3.05, 3.63) is 29.8 Å². The number of hydrogen-bond donors (Lipinski definition) is 2. The summed E-state index contributed by atoms with van der Waals surface area (Å²) in [6.07, 6.45) is 1.57. The Morgan fingerprint density at radius 3 is 2.88 bits per heavy atom. The highest BCUT2D eigenvalue weighted by atomic mass is 16.5. The zero-order valence-corrected chi connectivity index (χ0v) is 10.1. The molecule has 1 unspecified atom stereocenters. The minimum Gasteiger partial charge on any atom is -0.497 e. The molecule has 0 spiro atoms. The van der Waals surface area contributed by atoms with Crippen molar-refractivity contribution in [3.63, 3.8) is 0 Å². The summed E-state index contributed by atoms with van der Waals surface area (Å²) in [4.78, 5) is 0. The van der Waals surface area contributed by atoms with E-state index in [0.29, 0.717) is 0 Å². The fourth-order valence-electron chi connectivity index (χ4n) is 1.50. The van der Waals surface area contributed by atoms with Crippen molar-refractivity contribution in [2.75, 3.05) is 20.2 Å². The van der Waals surface area contributed by atoms with Crippen molar-refractivity contribution in [1.29, 1.82) is 0 Å². The first-order valence-electron chi connectivity index (χ1n) is 5.74. The SMILES string of the molecule is COc1cccc(CCNCCC(C)O)c1. The van der Waals surface area contributed by atoms with E-state index in [1.165, 1.54) is 5.56 Å². The van der Waals surface area contributed by atoms with Crippen LogP contribution in [0, 0.1) is 0 Å². The Morgan fingerprint density at radius 1 is 1.38 bits per heavy atom. The fourth-order valence-corrected chi connectivity index (χ4v) is 1.50. The molecule has 0 bridgehead atoms. The first-order valence-corrected chi connectivity index (χ1v) is 5.74. The number of methoxy groups -OCH3 is 1. The van der Waals surface area contributed by atoms with Gasteiger partial charge in [0.25, 0.3) is 0 Å². The fraction of sp³-hybridized carbons (Fsp3) is 0.538. The summed E-state index contributed by atoms with van der Waals surface area (Å²) in [7, 11) is 1.68. The zero-order chi connectivity index (χ0) is 11.8. The summed E-state index contributed by atoms with van der Waals surface area (Å²) in [6, 6.07) is 8.10. The second-order valence-electron chi connectivity index (χ2n) is 3.99. The molecular formula is C13H21NO2. The lowest BCUT2D eigenvalue weighted by Gasteiger charge is -2.07. The van der Waals surface area contributed by atoms with Crippen LogP contribution in [0.3, 0.4) is 0 Å². The summed E-state index contributed by atoms with van der Waals surface area (Å²) in [5.74, 6) is 0.904. The topological polar surface area (TPSA) is 41.5 Å². The Morgan fingerprint density at radius 2 is 2.19 bits per heavy atom. The molecule has 90 valence electrons. The van der Waals surface area contributed by atoms with Gasteiger partial charge in [0.2, 0.25) is 0 Å². The lowest BCUT2D eigenvalue weighted by atomic mass is 10.1. The molecule has 0 aromatic heterocycles. The van der Waals surface area contributed by atoms with Crippen LogP contribution in [-0.2, 0) is 6.42 Å². The molecule has 0 radical (unpaired) electrons. The Bertz CT molecular complexity index is 300. The van der Waals surface area contributed by atoms with E-state index < -0.39 is 0 Å². The maximum Gasteiger partial charge on any atom is 0.119 e. The van der Waals surface area contributed by atoms with Gasteiger partial charge in [-0.1, -0.05) is 12.1 Å². The molecule has 0 aliphatic rings. The van der Waals surface area contributed by atoms with Crippen molar-refractivity contribution in [1.82, 2.24) is 5.32 Å². The first-order chi connectivity index (χ1) is 7.72. The number of hydrogen-bond acceptors (Lipinski definition) is 3. The van der Waals surface area contributed by atoms with E-state index in [1.807, 2.05) is 19.1 Å². The number of ether oxygens (including phenoxy) is 1. The first kappa shape index (κ1) is 13.0. The number of aliphatic hydroxyl groups is 1. The average molecular weight is 223 g/mol. The number of nitrogens with one attached hydrogen (secondary N) is 1. The molecule has 1 aromatic rings. The standard InChI is InChI=1S/C13H21NO2/c1-11(15)6-8-14-9-7-12-4-3-5-13(10-12)16-2/h3-5,10-11,14-15H,6-9H2,1-2H3. The van der Waals surface area contributed by atoms with Crippen LogP contribution in [0.25, 0.3) is 0 Å². The van der Waals surface area contributed by atoms with E-state index in [-0.39, 0.29) is 6.10 Å². The Hall–Kier alpha value is -1.06. The lowest BCUT2D eigenvalue weighted by Crippen LogP contribution is -2.21. The van der Waals surface area contributed by atoms with Gasteiger partial charge in [0.1, 0.15) is 5.75 Å². The molecule has 0 heterocycles. The van der Waals surface area contributed by atoms with Gasteiger partial charge >= 0.3 is 0 Å². The minimum absolute atomic E-state index is 0.218. The predicted octanol–water partition coefficient (Wildman–Crippen LogP) is 1.60. The van der Waals surface area contributed by atoms with Gasteiger partial charge in [-0.05, 0) is 50.6 Å². The van der Waals surface area contributed by atoms with E-state index >= 15 is 0 Å². The molecular weight excluding hydrogens is 202 g/mol. The van der Waals surface area contributed by atoms with Crippen molar-refractivity contribution < 1.29 is 9.84 Å². The van der Waals surface area contributed by atoms with Crippen LogP contribution in [0.15, 0.2) is 24.3 Å². The summed E-state index contributed by atoms with van der Waals surface area (Å²) >= 11 is 0. The van der Waals surface area contributed by atoms with Crippen LogP contribution >= 0.6 is 0 Å². The minimum atomic E-state index is -0.218. The normalized spacial score (nSPS) is 12.4. The summed E-state index contributed by atoms with van der Waals surface area (Å²) in [5, 5.41) is 12.4. The lowest BCUT2D eigenvalue weighted by molar-refractivity contribution is 0.184. The van der Waals surface area contributed by atoms with E-state index in [2.05, 4.69) is 17.4 Å². The van der Waals surface area contributed by atoms with E-state index in [4.69, 9.17) is 9.84 Å². The molecule has 2 N–H and O–H groups in total. The van der Waals surface area contributed by atoms with Gasteiger partial charge < -0.3 is 15.2 Å². The van der Waals surface area contributed by atoms with Gasteiger partial charge in [-0.15, -0.1) is 0 Å². The van der Waals surface area contributed by atoms with E-state index in [9.17, 15) is 0 Å². The van der Waals surface area contributed by atoms with Crippen molar-refractivity contribution >= 4 is 0 Å². The monoisotopic (exact) mass is 223 g/mol. The maximum absolute atomic E-state index is 9.08. The predicted molar refractivity (Wildman–Crippen MR) is 65.9 cm³/mol. The molecule has 3 heteroatoms. The molecule has 1 aromatic carbocycles. The quantitative estimate of drug-likeness (QED) is 0.690. The highest BCUT2D eigenvalue weighted by Gasteiger charge is 1.97. The number of benzene rings is 1. The Labute approximate surface area is 97.4 Å². The maximum atomic E-state index is 9.08. The summed E-state index contributed by atoms with van der Waals surface area (Å²) in [6.45, 7) is 3.60. The van der Waals surface area contributed by atoms with Gasteiger partial charge in [-0.3, -0.25) is 0 Å². The summed E-state index contributed by atoms with van der Waals surface area (Å²) < 4.78 is 5.16. The van der Waals surface area contributed by atoms with Gasteiger partial charge in [0.15, 0.2) is 0 Å². The molecule has 0 saturated carbocycles. The van der Waals surface area contributed by atoms with E-state index in [1.54, 1.807) is 7.11 Å².